The van der Waals surface area contributed by atoms with Gasteiger partial charge < -0.3 is 10.4 Å². The largest absolute Gasteiger partial charge is 0.478 e. The lowest BCUT2D eigenvalue weighted by Crippen LogP contribution is -2.27. The minimum Gasteiger partial charge on any atom is -0.478 e. The van der Waals surface area contributed by atoms with E-state index in [9.17, 15) is 9.59 Å². The normalized spacial score (nSPS) is 11.9. The van der Waals surface area contributed by atoms with Crippen LogP contribution in [0.3, 0.4) is 0 Å². The van der Waals surface area contributed by atoms with Crippen LogP contribution >= 0.6 is 23.4 Å². The summed E-state index contributed by atoms with van der Waals surface area (Å²) in [5.74, 6) is -1.19. The van der Waals surface area contributed by atoms with Gasteiger partial charge in [-0.25, -0.2) is 4.79 Å². The fraction of sp³-hybridized carbons (Fsp3) is 0.273. The zero-order valence-electron chi connectivity index (χ0n) is 9.36. The summed E-state index contributed by atoms with van der Waals surface area (Å²) in [6.07, 6.45) is 0. The van der Waals surface area contributed by atoms with Crippen molar-refractivity contribution in [3.63, 3.8) is 0 Å². The van der Waals surface area contributed by atoms with Crippen LogP contribution in [0, 0.1) is 0 Å². The van der Waals surface area contributed by atoms with Crippen molar-refractivity contribution < 1.29 is 14.7 Å². The molecule has 6 heteroatoms. The number of carboxylic acid groups (broad SMARTS) is 1. The van der Waals surface area contributed by atoms with E-state index in [0.717, 1.165) is 0 Å². The predicted octanol–water partition coefficient (Wildman–Crippen LogP) is 2.26. The Kier molecular flexibility index (Phi) is 4.84. The lowest BCUT2D eigenvalue weighted by Gasteiger charge is -2.10. The lowest BCUT2D eigenvalue weighted by molar-refractivity contribution is -0.119. The molecule has 0 saturated heterocycles. The van der Waals surface area contributed by atoms with E-state index in [0.29, 0.717) is 4.90 Å². The highest BCUT2D eigenvalue weighted by Gasteiger charge is 2.15. The van der Waals surface area contributed by atoms with E-state index >= 15 is 0 Å². The Morgan fingerprint density at radius 1 is 1.47 bits per heavy atom. The molecule has 1 aromatic carbocycles. The standard InChI is InChI=1S/C11H12ClNO3S/c1-6(10(14)13-2)17-7-3-4-9(12)8(5-7)11(15)16/h3-6H,1-2H3,(H,13,14)(H,15,16). The maximum Gasteiger partial charge on any atom is 0.337 e. The lowest BCUT2D eigenvalue weighted by atomic mass is 10.2. The maximum absolute atomic E-state index is 11.3. The van der Waals surface area contributed by atoms with Crippen molar-refractivity contribution in [2.75, 3.05) is 7.05 Å². The average molecular weight is 274 g/mol. The zero-order valence-corrected chi connectivity index (χ0v) is 10.9. The summed E-state index contributed by atoms with van der Waals surface area (Å²) in [5.41, 5.74) is 0.0424. The molecular formula is C11H12ClNO3S. The highest BCUT2D eigenvalue weighted by molar-refractivity contribution is 8.00. The number of carbonyl (C=O) groups is 2. The minimum absolute atomic E-state index is 0.0424. The van der Waals surface area contributed by atoms with E-state index in [1.165, 1.54) is 23.9 Å². The number of carbonyl (C=O) groups excluding carboxylic acids is 1. The van der Waals surface area contributed by atoms with Crippen molar-refractivity contribution in [2.45, 2.75) is 17.1 Å². The van der Waals surface area contributed by atoms with Crippen molar-refractivity contribution in [3.05, 3.63) is 28.8 Å². The smallest absolute Gasteiger partial charge is 0.337 e. The van der Waals surface area contributed by atoms with E-state index in [1.54, 1.807) is 20.0 Å². The second kappa shape index (κ2) is 5.93. The first-order valence-electron chi connectivity index (χ1n) is 4.86. The summed E-state index contributed by atoms with van der Waals surface area (Å²) in [4.78, 5) is 22.9. The van der Waals surface area contributed by atoms with Gasteiger partial charge in [-0.05, 0) is 25.1 Å². The Morgan fingerprint density at radius 3 is 2.65 bits per heavy atom. The summed E-state index contributed by atoms with van der Waals surface area (Å²) < 4.78 is 0. The van der Waals surface area contributed by atoms with Crippen LogP contribution < -0.4 is 5.32 Å². The Balaban J connectivity index is 2.90. The van der Waals surface area contributed by atoms with Gasteiger partial charge in [0.05, 0.1) is 15.8 Å². The van der Waals surface area contributed by atoms with Gasteiger partial charge in [0.25, 0.3) is 0 Å². The molecule has 0 fully saturated rings. The van der Waals surface area contributed by atoms with Crippen molar-refractivity contribution in [1.82, 2.24) is 5.32 Å². The van der Waals surface area contributed by atoms with Crippen LogP contribution in [0.15, 0.2) is 23.1 Å². The summed E-state index contributed by atoms with van der Waals surface area (Å²) in [6.45, 7) is 1.75. The van der Waals surface area contributed by atoms with Crippen molar-refractivity contribution in [1.29, 1.82) is 0 Å². The number of thioether (sulfide) groups is 1. The van der Waals surface area contributed by atoms with Crippen LogP contribution in [-0.2, 0) is 4.79 Å². The monoisotopic (exact) mass is 273 g/mol. The fourth-order valence-electron chi connectivity index (χ4n) is 1.20. The molecule has 0 radical (unpaired) electrons. The molecule has 0 aromatic heterocycles. The van der Waals surface area contributed by atoms with Crippen molar-refractivity contribution >= 4 is 35.2 Å². The molecule has 1 unspecified atom stereocenters. The first-order chi connectivity index (χ1) is 7.95. The highest BCUT2D eigenvalue weighted by atomic mass is 35.5. The molecule has 0 aliphatic rings. The summed E-state index contributed by atoms with van der Waals surface area (Å²) in [6, 6.07) is 4.68. The number of hydrogen-bond acceptors (Lipinski definition) is 3. The van der Waals surface area contributed by atoms with Crippen molar-refractivity contribution in [2.24, 2.45) is 0 Å². The first kappa shape index (κ1) is 13.9. The topological polar surface area (TPSA) is 66.4 Å². The number of nitrogens with one attached hydrogen (secondary N) is 1. The number of hydrogen-bond donors (Lipinski definition) is 2. The molecule has 2 N–H and O–H groups in total. The second-order valence-electron chi connectivity index (χ2n) is 3.32. The molecule has 92 valence electrons. The number of amides is 1. The number of aromatic carboxylic acids is 1. The molecule has 0 saturated carbocycles. The van der Waals surface area contributed by atoms with Crippen molar-refractivity contribution in [3.8, 4) is 0 Å². The van der Waals surface area contributed by atoms with Crippen LogP contribution in [0.1, 0.15) is 17.3 Å². The molecule has 1 atom stereocenters. The van der Waals surface area contributed by atoms with E-state index in [4.69, 9.17) is 16.7 Å². The molecule has 1 aromatic rings. The molecule has 1 amide bonds. The summed E-state index contributed by atoms with van der Waals surface area (Å²) in [5, 5.41) is 11.3. The first-order valence-corrected chi connectivity index (χ1v) is 6.12. The highest BCUT2D eigenvalue weighted by Crippen LogP contribution is 2.27. The predicted molar refractivity (Wildman–Crippen MR) is 67.8 cm³/mol. The van der Waals surface area contributed by atoms with Gasteiger partial charge >= 0.3 is 5.97 Å². The van der Waals surface area contributed by atoms with Gasteiger partial charge in [-0.2, -0.15) is 0 Å². The van der Waals surface area contributed by atoms with Crippen LogP contribution in [0.4, 0.5) is 0 Å². The Bertz CT molecular complexity index is 450. The molecule has 0 bridgehead atoms. The quantitative estimate of drug-likeness (QED) is 0.826. The van der Waals surface area contributed by atoms with E-state index in [2.05, 4.69) is 5.32 Å². The summed E-state index contributed by atoms with van der Waals surface area (Å²) >= 11 is 7.03. The van der Waals surface area contributed by atoms with Gasteiger partial charge in [-0.3, -0.25) is 4.79 Å². The summed E-state index contributed by atoms with van der Waals surface area (Å²) in [7, 11) is 1.56. The van der Waals surface area contributed by atoms with Gasteiger partial charge in [0.15, 0.2) is 0 Å². The Labute approximate surface area is 108 Å². The fourth-order valence-corrected chi connectivity index (χ4v) is 2.37. The average Bonchev–Trinajstić information content (AvgIpc) is 2.30. The Hall–Kier alpha value is -1.20. The van der Waals surface area contributed by atoms with E-state index in [1.807, 2.05) is 0 Å². The molecule has 0 aliphatic carbocycles. The number of carboxylic acids is 1. The van der Waals surface area contributed by atoms with Gasteiger partial charge in [0.1, 0.15) is 0 Å². The molecular weight excluding hydrogens is 262 g/mol. The Morgan fingerprint density at radius 2 is 2.12 bits per heavy atom. The maximum atomic E-state index is 11.3. The third-order valence-electron chi connectivity index (χ3n) is 2.10. The molecule has 4 nitrogen and oxygen atoms in total. The third-order valence-corrected chi connectivity index (χ3v) is 3.52. The van der Waals surface area contributed by atoms with Crippen LogP contribution in [0.5, 0.6) is 0 Å². The van der Waals surface area contributed by atoms with Crippen LogP contribution in [-0.4, -0.2) is 29.3 Å². The van der Waals surface area contributed by atoms with Crippen LogP contribution in [0.25, 0.3) is 0 Å². The van der Waals surface area contributed by atoms with Gasteiger partial charge in [0, 0.05) is 11.9 Å². The van der Waals surface area contributed by atoms with E-state index in [-0.39, 0.29) is 21.7 Å². The van der Waals surface area contributed by atoms with E-state index < -0.39 is 5.97 Å². The van der Waals surface area contributed by atoms with Gasteiger partial charge in [0.2, 0.25) is 5.91 Å². The molecule has 1 rings (SSSR count). The molecule has 17 heavy (non-hydrogen) atoms. The number of benzene rings is 1. The zero-order chi connectivity index (χ0) is 13.0. The van der Waals surface area contributed by atoms with Gasteiger partial charge in [-0.1, -0.05) is 11.6 Å². The number of halogens is 1. The van der Waals surface area contributed by atoms with Crippen LogP contribution in [0.2, 0.25) is 5.02 Å². The molecule has 0 spiro atoms. The van der Waals surface area contributed by atoms with Gasteiger partial charge in [-0.15, -0.1) is 11.8 Å². The SMILES string of the molecule is CNC(=O)C(C)Sc1ccc(Cl)c(C(=O)O)c1. The second-order valence-corrected chi connectivity index (χ2v) is 5.14. The minimum atomic E-state index is -1.08. The number of rotatable bonds is 4. The third kappa shape index (κ3) is 3.64. The molecule has 0 heterocycles. The molecule has 0 aliphatic heterocycles.